The SMILES string of the molecule is CCOC(=O)C1=C(CN2CC(C)(C)OC[C@H]2C(=O)OC)NC(c2nccs2)=N[C@@H]1c1ccc(F)cc1Cl. The Balaban J connectivity index is 1.85. The fraction of sp³-hybridized carbons (Fsp3) is 0.440. The molecule has 3 heterocycles. The number of thiazole rings is 1. The predicted molar refractivity (Wildman–Crippen MR) is 137 cm³/mol. The Morgan fingerprint density at radius 2 is 2.16 bits per heavy atom. The number of amidine groups is 1. The van der Waals surface area contributed by atoms with E-state index in [1.165, 1.54) is 36.6 Å². The minimum Gasteiger partial charge on any atom is -0.468 e. The Morgan fingerprint density at radius 1 is 1.38 bits per heavy atom. The molecule has 4 rings (SSSR count). The van der Waals surface area contributed by atoms with Gasteiger partial charge in [-0.25, -0.2) is 14.2 Å². The number of ether oxygens (including phenoxy) is 3. The molecule has 2 aliphatic rings. The van der Waals surface area contributed by atoms with Crippen molar-refractivity contribution in [2.75, 3.05) is 33.4 Å². The van der Waals surface area contributed by atoms with Crippen LogP contribution in [0.4, 0.5) is 4.39 Å². The van der Waals surface area contributed by atoms with Gasteiger partial charge in [0.2, 0.25) is 0 Å². The molecule has 12 heteroatoms. The van der Waals surface area contributed by atoms with E-state index in [-0.39, 0.29) is 30.4 Å². The summed E-state index contributed by atoms with van der Waals surface area (Å²) < 4.78 is 30.2. The summed E-state index contributed by atoms with van der Waals surface area (Å²) in [5, 5.41) is 5.77. The number of rotatable bonds is 7. The predicted octanol–water partition coefficient (Wildman–Crippen LogP) is 3.50. The average molecular weight is 551 g/mol. The van der Waals surface area contributed by atoms with Crippen LogP contribution in [0.2, 0.25) is 5.02 Å². The van der Waals surface area contributed by atoms with Crippen molar-refractivity contribution in [2.45, 2.75) is 38.5 Å². The third kappa shape index (κ3) is 6.01. The van der Waals surface area contributed by atoms with Gasteiger partial charge in [0.05, 0.1) is 31.5 Å². The quantitative estimate of drug-likeness (QED) is 0.523. The van der Waals surface area contributed by atoms with Gasteiger partial charge in [-0.3, -0.25) is 14.7 Å². The summed E-state index contributed by atoms with van der Waals surface area (Å²) in [6.07, 6.45) is 1.64. The first-order valence-electron chi connectivity index (χ1n) is 11.7. The zero-order chi connectivity index (χ0) is 26.7. The Labute approximate surface area is 223 Å². The molecular weight excluding hydrogens is 523 g/mol. The van der Waals surface area contributed by atoms with Gasteiger partial charge in [0.1, 0.15) is 17.9 Å². The molecule has 1 aromatic carbocycles. The number of methoxy groups -OCH3 is 1. The van der Waals surface area contributed by atoms with Gasteiger partial charge in [-0.1, -0.05) is 17.7 Å². The normalized spacial score (nSPS) is 21.7. The lowest BCUT2D eigenvalue weighted by Crippen LogP contribution is -2.58. The van der Waals surface area contributed by atoms with Crippen molar-refractivity contribution >= 4 is 40.7 Å². The smallest absolute Gasteiger partial charge is 0.338 e. The lowest BCUT2D eigenvalue weighted by Gasteiger charge is -2.43. The van der Waals surface area contributed by atoms with E-state index in [1.807, 2.05) is 18.7 Å². The summed E-state index contributed by atoms with van der Waals surface area (Å²) in [6, 6.07) is 2.36. The molecular formula is C25H28ClFN4O5S. The number of nitrogens with one attached hydrogen (secondary N) is 1. The largest absolute Gasteiger partial charge is 0.468 e. The van der Waals surface area contributed by atoms with Crippen LogP contribution in [0.5, 0.6) is 0 Å². The summed E-state index contributed by atoms with van der Waals surface area (Å²) in [4.78, 5) is 37.0. The van der Waals surface area contributed by atoms with Crippen LogP contribution < -0.4 is 5.32 Å². The van der Waals surface area contributed by atoms with E-state index >= 15 is 0 Å². The van der Waals surface area contributed by atoms with Crippen LogP contribution in [-0.2, 0) is 23.8 Å². The molecule has 1 fully saturated rings. The number of carbonyl (C=O) groups is 2. The van der Waals surface area contributed by atoms with Crippen molar-refractivity contribution in [3.05, 3.63) is 62.5 Å². The summed E-state index contributed by atoms with van der Waals surface area (Å²) in [5.74, 6) is -1.13. The lowest BCUT2D eigenvalue weighted by atomic mass is 9.94. The van der Waals surface area contributed by atoms with Crippen LogP contribution in [0.3, 0.4) is 0 Å². The van der Waals surface area contributed by atoms with E-state index in [0.29, 0.717) is 28.6 Å². The van der Waals surface area contributed by atoms with Gasteiger partial charge in [-0.2, -0.15) is 0 Å². The van der Waals surface area contributed by atoms with Crippen LogP contribution in [0.25, 0.3) is 0 Å². The number of aliphatic imine (C=N–C) groups is 1. The topological polar surface area (TPSA) is 102 Å². The van der Waals surface area contributed by atoms with Crippen molar-refractivity contribution in [3.63, 3.8) is 0 Å². The number of carbonyl (C=O) groups excluding carboxylic acids is 2. The number of halogens is 2. The van der Waals surface area contributed by atoms with E-state index in [4.69, 9.17) is 30.8 Å². The fourth-order valence-corrected chi connectivity index (χ4v) is 5.20. The van der Waals surface area contributed by atoms with Crippen LogP contribution >= 0.6 is 22.9 Å². The van der Waals surface area contributed by atoms with Gasteiger partial charge in [0, 0.05) is 40.9 Å². The van der Waals surface area contributed by atoms with Gasteiger partial charge in [-0.05, 0) is 32.9 Å². The minimum atomic E-state index is -0.895. The highest BCUT2D eigenvalue weighted by Gasteiger charge is 2.41. The van der Waals surface area contributed by atoms with Crippen molar-refractivity contribution in [1.29, 1.82) is 0 Å². The van der Waals surface area contributed by atoms with E-state index in [1.54, 1.807) is 18.5 Å². The minimum absolute atomic E-state index is 0.121. The molecule has 9 nitrogen and oxygen atoms in total. The maximum Gasteiger partial charge on any atom is 0.338 e. The third-order valence-electron chi connectivity index (χ3n) is 6.00. The van der Waals surface area contributed by atoms with E-state index in [9.17, 15) is 14.0 Å². The number of esters is 2. The molecule has 1 aromatic heterocycles. The second-order valence-corrected chi connectivity index (χ2v) is 10.4. The highest BCUT2D eigenvalue weighted by Crippen LogP contribution is 2.37. The first kappa shape index (κ1) is 27.2. The van der Waals surface area contributed by atoms with Gasteiger partial charge in [0.25, 0.3) is 0 Å². The first-order valence-corrected chi connectivity index (χ1v) is 12.9. The van der Waals surface area contributed by atoms with Crippen LogP contribution in [-0.4, -0.2) is 72.7 Å². The number of benzene rings is 1. The molecule has 1 saturated heterocycles. The first-order chi connectivity index (χ1) is 17.6. The van der Waals surface area contributed by atoms with Crippen molar-refractivity contribution < 1.29 is 28.2 Å². The molecule has 2 atom stereocenters. The molecule has 0 bridgehead atoms. The molecule has 0 amide bonds. The molecule has 37 heavy (non-hydrogen) atoms. The Kier molecular flexibility index (Phi) is 8.27. The molecule has 0 radical (unpaired) electrons. The van der Waals surface area contributed by atoms with Crippen molar-refractivity contribution in [1.82, 2.24) is 15.2 Å². The monoisotopic (exact) mass is 550 g/mol. The number of hydrogen-bond acceptors (Lipinski definition) is 10. The Bertz CT molecular complexity index is 1230. The fourth-order valence-electron chi connectivity index (χ4n) is 4.34. The highest BCUT2D eigenvalue weighted by atomic mass is 35.5. The zero-order valence-electron chi connectivity index (χ0n) is 20.9. The highest BCUT2D eigenvalue weighted by molar-refractivity contribution is 7.11. The number of nitrogens with zero attached hydrogens (tertiary/aromatic N) is 3. The molecule has 2 aromatic rings. The van der Waals surface area contributed by atoms with Crippen LogP contribution in [0.1, 0.15) is 37.4 Å². The molecule has 2 aliphatic heterocycles. The second kappa shape index (κ2) is 11.3. The standard InChI is InChI=1S/C25H28ClFN4O5S/c1-5-35-24(33)19-17(11-31-13-25(2,3)36-12-18(31)23(32)34-4)29-21(22-28-8-9-37-22)30-20(19)15-7-6-14(27)10-16(15)26/h6-10,18,20H,5,11-13H2,1-4H3,(H,29,30)/t18-,20+/m0/s1. The number of aromatic nitrogens is 1. The molecule has 0 spiro atoms. The molecule has 1 N–H and O–H groups in total. The van der Waals surface area contributed by atoms with E-state index in [0.717, 1.165) is 0 Å². The summed E-state index contributed by atoms with van der Waals surface area (Å²) >= 11 is 7.80. The summed E-state index contributed by atoms with van der Waals surface area (Å²) in [6.45, 7) is 6.36. The maximum absolute atomic E-state index is 13.9. The lowest BCUT2D eigenvalue weighted by molar-refractivity contribution is -0.164. The number of morpholine rings is 1. The average Bonchev–Trinajstić information content (AvgIpc) is 3.38. The zero-order valence-corrected chi connectivity index (χ0v) is 22.5. The molecule has 0 unspecified atom stereocenters. The number of hydrogen-bond donors (Lipinski definition) is 1. The second-order valence-electron chi connectivity index (χ2n) is 9.14. The molecule has 198 valence electrons. The molecule has 0 saturated carbocycles. The van der Waals surface area contributed by atoms with Crippen LogP contribution in [0.15, 0.2) is 46.0 Å². The molecule has 0 aliphatic carbocycles. The van der Waals surface area contributed by atoms with E-state index in [2.05, 4.69) is 10.3 Å². The van der Waals surface area contributed by atoms with Gasteiger partial charge < -0.3 is 19.5 Å². The third-order valence-corrected chi connectivity index (χ3v) is 7.11. The van der Waals surface area contributed by atoms with Gasteiger partial charge in [-0.15, -0.1) is 11.3 Å². The van der Waals surface area contributed by atoms with Crippen molar-refractivity contribution in [3.8, 4) is 0 Å². The van der Waals surface area contributed by atoms with Gasteiger partial charge in [0.15, 0.2) is 10.8 Å². The Morgan fingerprint density at radius 3 is 2.81 bits per heavy atom. The Hall–Kier alpha value is -2.86. The van der Waals surface area contributed by atoms with E-state index < -0.39 is 35.4 Å². The summed E-state index contributed by atoms with van der Waals surface area (Å²) in [5.41, 5.74) is 0.570. The maximum atomic E-state index is 13.9. The van der Waals surface area contributed by atoms with Crippen LogP contribution in [0, 0.1) is 5.82 Å². The van der Waals surface area contributed by atoms with Crippen molar-refractivity contribution in [2.24, 2.45) is 4.99 Å². The summed E-state index contributed by atoms with van der Waals surface area (Å²) in [7, 11) is 1.32. The van der Waals surface area contributed by atoms with Gasteiger partial charge >= 0.3 is 11.9 Å².